The first kappa shape index (κ1) is 84.8. The molecule has 0 heterocycles. The molecule has 0 aliphatic heterocycles. The van der Waals surface area contributed by atoms with E-state index in [0.29, 0.717) is 17.4 Å². The minimum absolute atomic E-state index is 0.0255. The Hall–Kier alpha value is -1.25. The highest BCUT2D eigenvalue weighted by Crippen LogP contribution is 2.38. The number of hydrogen-bond donors (Lipinski definition) is 0. The standard InChI is InChI=1S/C76H150NO8P/c1-6-8-10-12-14-16-18-20-22-24-26-28-30-32-33-34-35-36-37-38-39-40-41-42-43-45-47-49-51-53-55-57-59-61-63-65-67-69-76(79)85-74(73-84-86(80,81)83-71-70-77(3,4)5)72-82-75(78)68-66-64-62-60-58-56-54-52-50-48-46-44-31-29-27-25-23-21-19-17-15-13-11-9-7-2/h24,26,74H,6-23,25,27-73H2,1-5H3/b26-24-. The van der Waals surface area contributed by atoms with Crippen LogP contribution in [0.2, 0.25) is 0 Å². The van der Waals surface area contributed by atoms with Gasteiger partial charge in [0.2, 0.25) is 0 Å². The van der Waals surface area contributed by atoms with Crippen LogP contribution in [0, 0.1) is 0 Å². The predicted molar refractivity (Wildman–Crippen MR) is 370 cm³/mol. The van der Waals surface area contributed by atoms with Crippen LogP contribution in [0.15, 0.2) is 12.2 Å². The molecule has 0 aromatic rings. The van der Waals surface area contributed by atoms with Gasteiger partial charge in [-0.05, 0) is 38.5 Å². The number of rotatable bonds is 73. The molecule has 2 atom stereocenters. The van der Waals surface area contributed by atoms with Gasteiger partial charge in [0.1, 0.15) is 19.8 Å². The van der Waals surface area contributed by atoms with Crippen molar-refractivity contribution in [2.24, 2.45) is 0 Å². The number of esters is 2. The van der Waals surface area contributed by atoms with Crippen molar-refractivity contribution in [3.63, 3.8) is 0 Å². The highest BCUT2D eigenvalue weighted by Gasteiger charge is 2.22. The molecule has 0 radical (unpaired) electrons. The van der Waals surface area contributed by atoms with Crippen molar-refractivity contribution in [2.45, 2.75) is 418 Å². The van der Waals surface area contributed by atoms with E-state index in [1.807, 2.05) is 21.1 Å². The SMILES string of the molecule is CCCCCCCCCC/C=C\CCCCCCCCCCCCCCCCCCCCCCCCCCCC(=O)OC(COC(=O)CCCCCCCCCCCCCCCCCCCCCCCCCCC)COP(=O)([O-])OCC[N+](C)(C)C. The number of likely N-dealkylation sites (N-methyl/N-ethyl adjacent to an activating group) is 1. The summed E-state index contributed by atoms with van der Waals surface area (Å²) in [7, 11) is 1.20. The van der Waals surface area contributed by atoms with Gasteiger partial charge < -0.3 is 27.9 Å². The van der Waals surface area contributed by atoms with Crippen molar-refractivity contribution in [3.05, 3.63) is 12.2 Å². The van der Waals surface area contributed by atoms with Crippen LogP contribution in [0.1, 0.15) is 412 Å². The molecular formula is C76H150NO8P. The molecule has 0 N–H and O–H groups in total. The molecule has 0 aromatic carbocycles. The third-order valence-electron chi connectivity index (χ3n) is 17.8. The Kier molecular flexibility index (Phi) is 67.1. The van der Waals surface area contributed by atoms with Gasteiger partial charge in [-0.1, -0.05) is 373 Å². The number of carbonyl (C=O) groups excluding carboxylic acids is 2. The van der Waals surface area contributed by atoms with E-state index in [4.69, 9.17) is 18.5 Å². The topological polar surface area (TPSA) is 111 Å². The molecule has 0 saturated carbocycles. The third kappa shape index (κ3) is 71.8. The summed E-state index contributed by atoms with van der Waals surface area (Å²) in [6, 6.07) is 0. The van der Waals surface area contributed by atoms with Crippen LogP contribution < -0.4 is 4.89 Å². The Morgan fingerprint density at radius 2 is 0.593 bits per heavy atom. The van der Waals surface area contributed by atoms with Gasteiger partial charge >= 0.3 is 11.9 Å². The number of hydrogen-bond acceptors (Lipinski definition) is 8. The largest absolute Gasteiger partial charge is 0.756 e. The van der Waals surface area contributed by atoms with Crippen LogP contribution in [0.25, 0.3) is 0 Å². The van der Waals surface area contributed by atoms with Gasteiger partial charge in [-0.2, -0.15) is 0 Å². The molecule has 0 aliphatic rings. The molecule has 0 amide bonds. The first-order valence-corrected chi connectivity index (χ1v) is 39.9. The number of phosphoric acid groups is 1. The second kappa shape index (κ2) is 68.1. The molecule has 9 nitrogen and oxygen atoms in total. The van der Waals surface area contributed by atoms with E-state index < -0.39 is 26.5 Å². The quantitative estimate of drug-likeness (QED) is 0.0195. The summed E-state index contributed by atoms with van der Waals surface area (Å²) in [5.41, 5.74) is 0. The van der Waals surface area contributed by atoms with E-state index in [9.17, 15) is 19.0 Å². The Labute approximate surface area is 537 Å². The van der Waals surface area contributed by atoms with Crippen molar-refractivity contribution in [1.29, 1.82) is 0 Å². The Balaban J connectivity index is 3.90. The van der Waals surface area contributed by atoms with Crippen molar-refractivity contribution in [3.8, 4) is 0 Å². The summed E-state index contributed by atoms with van der Waals surface area (Å²) in [6.07, 6.45) is 84.7. The summed E-state index contributed by atoms with van der Waals surface area (Å²) >= 11 is 0. The molecule has 10 heteroatoms. The number of quaternary nitrogens is 1. The van der Waals surface area contributed by atoms with Gasteiger partial charge in [-0.15, -0.1) is 0 Å². The van der Waals surface area contributed by atoms with Crippen LogP contribution in [0.4, 0.5) is 0 Å². The zero-order chi connectivity index (χ0) is 62.6. The van der Waals surface area contributed by atoms with Crippen LogP contribution in [0.5, 0.6) is 0 Å². The van der Waals surface area contributed by atoms with Gasteiger partial charge in [0, 0.05) is 12.8 Å². The summed E-state index contributed by atoms with van der Waals surface area (Å²) < 4.78 is 34.4. The summed E-state index contributed by atoms with van der Waals surface area (Å²) in [5, 5.41) is 0. The fraction of sp³-hybridized carbons (Fsp3) is 0.947. The molecule has 0 spiro atoms. The fourth-order valence-corrected chi connectivity index (χ4v) is 12.6. The molecule has 0 fully saturated rings. The second-order valence-corrected chi connectivity index (χ2v) is 29.1. The maximum atomic E-state index is 12.9. The lowest BCUT2D eigenvalue weighted by Crippen LogP contribution is -2.37. The summed E-state index contributed by atoms with van der Waals surface area (Å²) in [5.74, 6) is -0.804. The van der Waals surface area contributed by atoms with E-state index >= 15 is 0 Å². The number of ether oxygens (including phenoxy) is 2. The number of phosphoric ester groups is 1. The molecule has 0 rings (SSSR count). The molecule has 512 valence electrons. The maximum absolute atomic E-state index is 12.9. The smallest absolute Gasteiger partial charge is 0.306 e. The van der Waals surface area contributed by atoms with E-state index in [-0.39, 0.29) is 32.0 Å². The van der Waals surface area contributed by atoms with E-state index in [1.165, 1.54) is 347 Å². The zero-order valence-electron chi connectivity index (χ0n) is 58.6. The number of carbonyl (C=O) groups is 2. The van der Waals surface area contributed by atoms with Crippen LogP contribution >= 0.6 is 7.82 Å². The number of unbranched alkanes of at least 4 members (excludes halogenated alkanes) is 57. The van der Waals surface area contributed by atoms with Crippen molar-refractivity contribution < 1.29 is 42.1 Å². The minimum atomic E-state index is -4.64. The lowest BCUT2D eigenvalue weighted by molar-refractivity contribution is -0.870. The van der Waals surface area contributed by atoms with Crippen LogP contribution in [-0.2, 0) is 32.7 Å². The van der Waals surface area contributed by atoms with Crippen molar-refractivity contribution in [1.82, 2.24) is 0 Å². The van der Waals surface area contributed by atoms with Gasteiger partial charge in [0.25, 0.3) is 7.82 Å². The fourth-order valence-electron chi connectivity index (χ4n) is 11.9. The monoisotopic (exact) mass is 1240 g/mol. The van der Waals surface area contributed by atoms with Gasteiger partial charge in [-0.25, -0.2) is 0 Å². The van der Waals surface area contributed by atoms with E-state index in [2.05, 4.69) is 26.0 Å². The van der Waals surface area contributed by atoms with Crippen molar-refractivity contribution >= 4 is 19.8 Å². The van der Waals surface area contributed by atoms with E-state index in [1.54, 1.807) is 0 Å². The van der Waals surface area contributed by atoms with Gasteiger partial charge in [-0.3, -0.25) is 14.2 Å². The number of allylic oxidation sites excluding steroid dienone is 2. The number of nitrogens with zero attached hydrogens (tertiary/aromatic N) is 1. The third-order valence-corrected chi connectivity index (χ3v) is 18.7. The lowest BCUT2D eigenvalue weighted by Gasteiger charge is -2.28. The maximum Gasteiger partial charge on any atom is 0.306 e. The van der Waals surface area contributed by atoms with Crippen molar-refractivity contribution in [2.75, 3.05) is 47.5 Å². The summed E-state index contributed by atoms with van der Waals surface area (Å²) in [4.78, 5) is 38.1. The molecule has 0 saturated heterocycles. The molecule has 2 unspecified atom stereocenters. The normalized spacial score (nSPS) is 13.0. The molecule has 0 bridgehead atoms. The molecule has 86 heavy (non-hydrogen) atoms. The molecular weight excluding hydrogens is 1090 g/mol. The van der Waals surface area contributed by atoms with Crippen LogP contribution in [0.3, 0.4) is 0 Å². The molecule has 0 aliphatic carbocycles. The van der Waals surface area contributed by atoms with Gasteiger partial charge in [0.05, 0.1) is 27.7 Å². The average molecular weight is 1240 g/mol. The van der Waals surface area contributed by atoms with Crippen LogP contribution in [-0.4, -0.2) is 70.0 Å². The Morgan fingerprint density at radius 1 is 0.349 bits per heavy atom. The van der Waals surface area contributed by atoms with E-state index in [0.717, 1.165) is 32.1 Å². The van der Waals surface area contributed by atoms with Gasteiger partial charge in [0.15, 0.2) is 6.10 Å². The first-order chi connectivity index (χ1) is 42.0. The molecule has 0 aromatic heterocycles. The highest BCUT2D eigenvalue weighted by molar-refractivity contribution is 7.45. The zero-order valence-corrected chi connectivity index (χ0v) is 59.5. The Bertz CT molecular complexity index is 1450. The lowest BCUT2D eigenvalue weighted by atomic mass is 10.0. The average Bonchev–Trinajstić information content (AvgIpc) is 3.67. The predicted octanol–water partition coefficient (Wildman–Crippen LogP) is 24.4. The second-order valence-electron chi connectivity index (χ2n) is 27.7. The first-order valence-electron chi connectivity index (χ1n) is 38.4. The minimum Gasteiger partial charge on any atom is -0.756 e. The Morgan fingerprint density at radius 3 is 0.860 bits per heavy atom. The highest BCUT2D eigenvalue weighted by atomic mass is 31.2. The summed E-state index contributed by atoms with van der Waals surface area (Å²) in [6.45, 7) is 4.33.